The number of thioether (sulfide) groups is 1. The van der Waals surface area contributed by atoms with Gasteiger partial charge >= 0.3 is 0 Å². The highest BCUT2D eigenvalue weighted by molar-refractivity contribution is 8.00. The molecule has 0 saturated heterocycles. The maximum Gasteiger partial charge on any atom is 0.233 e. The molecule has 1 atom stereocenters. The Morgan fingerprint density at radius 2 is 2.18 bits per heavy atom. The summed E-state index contributed by atoms with van der Waals surface area (Å²) in [7, 11) is 0. The molecule has 0 radical (unpaired) electrons. The van der Waals surface area contributed by atoms with Crippen molar-refractivity contribution in [1.82, 2.24) is 20.1 Å². The van der Waals surface area contributed by atoms with Crippen LogP contribution in [0.3, 0.4) is 0 Å². The summed E-state index contributed by atoms with van der Waals surface area (Å²) in [5.41, 5.74) is 0.870. The molecule has 0 fully saturated rings. The minimum absolute atomic E-state index is 0.000607. The summed E-state index contributed by atoms with van der Waals surface area (Å²) >= 11 is 7.39. The number of carbonyl (C=O) groups is 1. The van der Waals surface area contributed by atoms with Gasteiger partial charge in [0.15, 0.2) is 5.16 Å². The van der Waals surface area contributed by atoms with E-state index in [1.807, 2.05) is 35.8 Å². The molecule has 1 heterocycles. The third kappa shape index (κ3) is 4.48. The lowest BCUT2D eigenvalue weighted by Crippen LogP contribution is -2.33. The summed E-state index contributed by atoms with van der Waals surface area (Å²) in [4.78, 5) is 12.1. The number of nitrogens with zero attached hydrogens (tertiary/aromatic N) is 3. The molecule has 1 amide bonds. The van der Waals surface area contributed by atoms with Crippen LogP contribution in [0.4, 0.5) is 0 Å². The van der Waals surface area contributed by atoms with Gasteiger partial charge in [0.1, 0.15) is 6.33 Å². The number of hydrogen-bond donors (Lipinski definition) is 1. The zero-order chi connectivity index (χ0) is 16.1. The van der Waals surface area contributed by atoms with Gasteiger partial charge in [-0.2, -0.15) is 0 Å². The molecule has 0 saturated carbocycles. The zero-order valence-electron chi connectivity index (χ0n) is 12.8. The monoisotopic (exact) mass is 338 g/mol. The van der Waals surface area contributed by atoms with Crippen LogP contribution in [-0.4, -0.2) is 32.5 Å². The van der Waals surface area contributed by atoms with Crippen molar-refractivity contribution in [3.63, 3.8) is 0 Å². The van der Waals surface area contributed by atoms with Crippen molar-refractivity contribution in [2.24, 2.45) is 5.92 Å². The van der Waals surface area contributed by atoms with Crippen LogP contribution in [0.25, 0.3) is 5.69 Å². The predicted molar refractivity (Wildman–Crippen MR) is 89.5 cm³/mol. The van der Waals surface area contributed by atoms with E-state index in [0.717, 1.165) is 5.69 Å². The van der Waals surface area contributed by atoms with Gasteiger partial charge in [0, 0.05) is 11.6 Å². The van der Waals surface area contributed by atoms with Crippen LogP contribution < -0.4 is 5.32 Å². The molecule has 1 aromatic heterocycles. The van der Waals surface area contributed by atoms with Crippen molar-refractivity contribution >= 4 is 29.3 Å². The first-order chi connectivity index (χ1) is 10.5. The Morgan fingerprint density at radius 3 is 2.86 bits per heavy atom. The van der Waals surface area contributed by atoms with E-state index < -0.39 is 0 Å². The van der Waals surface area contributed by atoms with E-state index in [4.69, 9.17) is 11.6 Å². The van der Waals surface area contributed by atoms with E-state index in [9.17, 15) is 4.79 Å². The number of rotatable bonds is 6. The first kappa shape index (κ1) is 16.8. The Morgan fingerprint density at radius 1 is 1.41 bits per heavy atom. The molecule has 0 bridgehead atoms. The summed E-state index contributed by atoms with van der Waals surface area (Å²) in [5, 5.41) is 12.0. The maximum atomic E-state index is 12.1. The summed E-state index contributed by atoms with van der Waals surface area (Å²) in [6.07, 6.45) is 1.62. The average Bonchev–Trinajstić information content (AvgIpc) is 2.92. The fourth-order valence-corrected chi connectivity index (χ4v) is 2.82. The Kier molecular flexibility index (Phi) is 5.85. The van der Waals surface area contributed by atoms with Crippen LogP contribution >= 0.6 is 23.4 Å². The Balaban J connectivity index is 2.08. The van der Waals surface area contributed by atoms with Gasteiger partial charge in [-0.25, -0.2) is 0 Å². The van der Waals surface area contributed by atoms with Gasteiger partial charge in [-0.05, 0) is 31.0 Å². The normalized spacial score (nSPS) is 12.4. The van der Waals surface area contributed by atoms with Gasteiger partial charge < -0.3 is 5.32 Å². The first-order valence-corrected chi connectivity index (χ1v) is 8.33. The Bertz CT molecular complexity index is 644. The van der Waals surface area contributed by atoms with Crippen molar-refractivity contribution in [2.45, 2.75) is 31.2 Å². The molecule has 1 unspecified atom stereocenters. The van der Waals surface area contributed by atoms with Gasteiger partial charge in [0.05, 0.1) is 10.9 Å². The highest BCUT2D eigenvalue weighted by Gasteiger charge is 2.18. The highest BCUT2D eigenvalue weighted by Crippen LogP contribution is 2.25. The molecule has 0 aliphatic rings. The molecule has 7 heteroatoms. The van der Waals surface area contributed by atoms with Gasteiger partial charge in [-0.15, -0.1) is 10.2 Å². The molecular formula is C15H19ClN4OS. The number of aromatic nitrogens is 3. The Hall–Kier alpha value is -1.53. The standard InChI is InChI=1S/C15H19ClN4OS/c1-10(2)8-17-14(21)11(3)22-15-19-18-9-20(15)13-6-4-5-12(16)7-13/h4-7,9-11H,8H2,1-3H3,(H,17,21). The third-order valence-corrected chi connectivity index (χ3v) is 4.23. The summed E-state index contributed by atoms with van der Waals surface area (Å²) in [6, 6.07) is 7.43. The maximum absolute atomic E-state index is 12.1. The van der Waals surface area contributed by atoms with Crippen molar-refractivity contribution in [1.29, 1.82) is 0 Å². The Labute approximate surface area is 139 Å². The zero-order valence-corrected chi connectivity index (χ0v) is 14.4. The van der Waals surface area contributed by atoms with Gasteiger partial charge in [0.25, 0.3) is 0 Å². The van der Waals surface area contributed by atoms with Gasteiger partial charge in [-0.3, -0.25) is 9.36 Å². The summed E-state index contributed by atoms with van der Waals surface area (Å²) < 4.78 is 1.82. The van der Waals surface area contributed by atoms with E-state index in [1.165, 1.54) is 11.8 Å². The summed E-state index contributed by atoms with van der Waals surface area (Å²) in [6.45, 7) is 6.66. The van der Waals surface area contributed by atoms with E-state index in [-0.39, 0.29) is 11.2 Å². The van der Waals surface area contributed by atoms with Crippen LogP contribution in [0.15, 0.2) is 35.7 Å². The minimum atomic E-state index is -0.249. The molecular weight excluding hydrogens is 320 g/mol. The number of halogens is 1. The fourth-order valence-electron chi connectivity index (χ4n) is 1.77. The second kappa shape index (κ2) is 7.65. The molecule has 2 rings (SSSR count). The fraction of sp³-hybridized carbons (Fsp3) is 0.400. The quantitative estimate of drug-likeness (QED) is 0.822. The smallest absolute Gasteiger partial charge is 0.233 e. The molecule has 1 aromatic carbocycles. The van der Waals surface area contributed by atoms with Gasteiger partial charge in [-0.1, -0.05) is 43.3 Å². The van der Waals surface area contributed by atoms with Crippen molar-refractivity contribution in [3.05, 3.63) is 35.6 Å². The number of nitrogens with one attached hydrogen (secondary N) is 1. The summed E-state index contributed by atoms with van der Waals surface area (Å²) in [5.74, 6) is 0.426. The van der Waals surface area contributed by atoms with Crippen LogP contribution in [0.2, 0.25) is 5.02 Å². The molecule has 1 N–H and O–H groups in total. The molecule has 5 nitrogen and oxygen atoms in total. The molecule has 0 aliphatic carbocycles. The van der Waals surface area contributed by atoms with Crippen LogP contribution in [0.5, 0.6) is 0 Å². The lowest BCUT2D eigenvalue weighted by molar-refractivity contribution is -0.120. The minimum Gasteiger partial charge on any atom is -0.355 e. The first-order valence-electron chi connectivity index (χ1n) is 7.07. The van der Waals surface area contributed by atoms with Crippen LogP contribution in [0, 0.1) is 5.92 Å². The number of carbonyl (C=O) groups excluding carboxylic acids is 1. The van der Waals surface area contributed by atoms with E-state index in [0.29, 0.717) is 22.6 Å². The average molecular weight is 339 g/mol. The van der Waals surface area contributed by atoms with E-state index >= 15 is 0 Å². The van der Waals surface area contributed by atoms with Crippen molar-refractivity contribution in [2.75, 3.05) is 6.54 Å². The molecule has 118 valence electrons. The van der Waals surface area contributed by atoms with Crippen molar-refractivity contribution < 1.29 is 4.79 Å². The lowest BCUT2D eigenvalue weighted by Gasteiger charge is -2.13. The lowest BCUT2D eigenvalue weighted by atomic mass is 10.2. The van der Waals surface area contributed by atoms with Crippen molar-refractivity contribution in [3.8, 4) is 5.69 Å². The van der Waals surface area contributed by atoms with E-state index in [1.54, 1.807) is 6.33 Å². The molecule has 0 aliphatic heterocycles. The largest absolute Gasteiger partial charge is 0.355 e. The second-order valence-electron chi connectivity index (χ2n) is 5.36. The molecule has 2 aromatic rings. The van der Waals surface area contributed by atoms with Gasteiger partial charge in [0.2, 0.25) is 5.91 Å². The predicted octanol–water partition coefficient (Wildman–Crippen LogP) is 3.17. The molecule has 0 spiro atoms. The molecule has 22 heavy (non-hydrogen) atoms. The van der Waals surface area contributed by atoms with Crippen LogP contribution in [0.1, 0.15) is 20.8 Å². The SMILES string of the molecule is CC(C)CNC(=O)C(C)Sc1nncn1-c1cccc(Cl)c1. The number of hydrogen-bond acceptors (Lipinski definition) is 4. The second-order valence-corrected chi connectivity index (χ2v) is 7.11. The topological polar surface area (TPSA) is 59.8 Å². The number of amides is 1. The van der Waals surface area contributed by atoms with Crippen LogP contribution in [-0.2, 0) is 4.79 Å². The third-order valence-electron chi connectivity index (χ3n) is 2.94. The number of benzene rings is 1. The highest BCUT2D eigenvalue weighted by atomic mass is 35.5. The van der Waals surface area contributed by atoms with E-state index in [2.05, 4.69) is 29.4 Å².